The third-order valence-corrected chi connectivity index (χ3v) is 4.72. The summed E-state index contributed by atoms with van der Waals surface area (Å²) in [5.41, 5.74) is 4.16. The molecule has 0 spiro atoms. The van der Waals surface area contributed by atoms with E-state index in [1.54, 1.807) is 0 Å². The minimum atomic E-state index is 0.572. The third-order valence-electron chi connectivity index (χ3n) is 4.72. The molecular weight excluding hydrogens is 260 g/mol. The number of anilines is 2. The Morgan fingerprint density at radius 3 is 2.71 bits per heavy atom. The predicted octanol–water partition coefficient (Wildman–Crippen LogP) is 1.59. The normalized spacial score (nSPS) is 27.0. The molecular formula is C17H28N4. The molecule has 0 aliphatic carbocycles. The number of benzene rings is 1. The van der Waals surface area contributed by atoms with E-state index in [9.17, 15) is 0 Å². The van der Waals surface area contributed by atoms with E-state index < -0.39 is 0 Å². The van der Waals surface area contributed by atoms with Gasteiger partial charge in [-0.05, 0) is 44.5 Å². The summed E-state index contributed by atoms with van der Waals surface area (Å²) in [6, 6.07) is 8.13. The van der Waals surface area contributed by atoms with E-state index in [0.29, 0.717) is 12.1 Å². The van der Waals surface area contributed by atoms with E-state index >= 15 is 0 Å². The maximum absolute atomic E-state index is 3.51. The van der Waals surface area contributed by atoms with Crippen molar-refractivity contribution in [2.45, 2.75) is 32.9 Å². The van der Waals surface area contributed by atoms with Crippen molar-refractivity contribution in [1.82, 2.24) is 10.6 Å². The Bertz CT molecular complexity index is 488. The van der Waals surface area contributed by atoms with Crippen LogP contribution >= 0.6 is 0 Å². The minimum Gasteiger partial charge on any atom is -0.368 e. The summed E-state index contributed by atoms with van der Waals surface area (Å²) in [6.07, 6.45) is 0. The molecule has 2 atom stereocenters. The van der Waals surface area contributed by atoms with Gasteiger partial charge in [-0.3, -0.25) is 0 Å². The monoisotopic (exact) mass is 288 g/mol. The van der Waals surface area contributed by atoms with Crippen molar-refractivity contribution in [3.63, 3.8) is 0 Å². The van der Waals surface area contributed by atoms with Crippen molar-refractivity contribution < 1.29 is 0 Å². The summed E-state index contributed by atoms with van der Waals surface area (Å²) in [7, 11) is 0. The molecule has 1 aromatic carbocycles. The number of rotatable bonds is 2. The van der Waals surface area contributed by atoms with Gasteiger partial charge in [0, 0.05) is 62.7 Å². The second kappa shape index (κ2) is 6.24. The van der Waals surface area contributed by atoms with Gasteiger partial charge in [0.05, 0.1) is 0 Å². The van der Waals surface area contributed by atoms with Gasteiger partial charge in [-0.25, -0.2) is 0 Å². The lowest BCUT2D eigenvalue weighted by atomic mass is 10.1. The molecule has 3 rings (SSSR count). The zero-order chi connectivity index (χ0) is 14.8. The first-order valence-corrected chi connectivity index (χ1v) is 8.21. The lowest BCUT2D eigenvalue weighted by Crippen LogP contribution is -2.50. The molecule has 2 heterocycles. The molecule has 0 aromatic heterocycles. The second-order valence-corrected chi connectivity index (χ2v) is 6.52. The van der Waals surface area contributed by atoms with Gasteiger partial charge in [-0.2, -0.15) is 0 Å². The highest BCUT2D eigenvalue weighted by Gasteiger charge is 2.21. The molecule has 2 N–H and O–H groups in total. The summed E-state index contributed by atoms with van der Waals surface area (Å²) < 4.78 is 0. The van der Waals surface area contributed by atoms with Crippen molar-refractivity contribution in [2.24, 2.45) is 0 Å². The number of hydrogen-bond acceptors (Lipinski definition) is 4. The van der Waals surface area contributed by atoms with Crippen LogP contribution in [0.25, 0.3) is 0 Å². The van der Waals surface area contributed by atoms with Gasteiger partial charge in [0.2, 0.25) is 0 Å². The third kappa shape index (κ3) is 3.16. The Morgan fingerprint density at radius 1 is 1.14 bits per heavy atom. The first-order valence-electron chi connectivity index (χ1n) is 8.21. The molecule has 2 fully saturated rings. The van der Waals surface area contributed by atoms with Gasteiger partial charge in [-0.15, -0.1) is 0 Å². The molecule has 0 bridgehead atoms. The van der Waals surface area contributed by atoms with Gasteiger partial charge in [0.1, 0.15) is 0 Å². The smallest absolute Gasteiger partial charge is 0.0398 e. The molecule has 4 nitrogen and oxygen atoms in total. The SMILES string of the molecule is Cc1cc(N2CCNC[C@@H]2C)ccc1N1CCN[C@@H](C)C1. The van der Waals surface area contributed by atoms with E-state index in [0.717, 1.165) is 39.3 Å². The van der Waals surface area contributed by atoms with E-state index in [4.69, 9.17) is 0 Å². The van der Waals surface area contributed by atoms with Crippen LogP contribution in [0.2, 0.25) is 0 Å². The van der Waals surface area contributed by atoms with Crippen LogP contribution in [0.5, 0.6) is 0 Å². The van der Waals surface area contributed by atoms with E-state index in [1.165, 1.54) is 16.9 Å². The quantitative estimate of drug-likeness (QED) is 0.865. The molecule has 21 heavy (non-hydrogen) atoms. The molecule has 116 valence electrons. The molecule has 0 saturated carbocycles. The zero-order valence-corrected chi connectivity index (χ0v) is 13.5. The Balaban J connectivity index is 1.79. The lowest BCUT2D eigenvalue weighted by molar-refractivity contribution is 0.484. The fourth-order valence-corrected chi connectivity index (χ4v) is 3.55. The Morgan fingerprint density at radius 2 is 2.00 bits per heavy atom. The van der Waals surface area contributed by atoms with Crippen LogP contribution in [0.3, 0.4) is 0 Å². The topological polar surface area (TPSA) is 30.5 Å². The Kier molecular flexibility index (Phi) is 4.36. The van der Waals surface area contributed by atoms with Crippen LogP contribution in [0, 0.1) is 6.92 Å². The molecule has 2 aliphatic rings. The molecule has 0 radical (unpaired) electrons. The van der Waals surface area contributed by atoms with Crippen LogP contribution < -0.4 is 20.4 Å². The highest BCUT2D eigenvalue weighted by Crippen LogP contribution is 2.27. The highest BCUT2D eigenvalue weighted by atomic mass is 15.2. The van der Waals surface area contributed by atoms with Gasteiger partial charge < -0.3 is 20.4 Å². The summed E-state index contributed by atoms with van der Waals surface area (Å²) in [4.78, 5) is 5.04. The maximum Gasteiger partial charge on any atom is 0.0398 e. The molecule has 2 saturated heterocycles. The summed E-state index contributed by atoms with van der Waals surface area (Å²) in [6.45, 7) is 13.4. The summed E-state index contributed by atoms with van der Waals surface area (Å²) in [5.74, 6) is 0. The fourth-order valence-electron chi connectivity index (χ4n) is 3.55. The largest absolute Gasteiger partial charge is 0.368 e. The van der Waals surface area contributed by atoms with Crippen molar-refractivity contribution in [3.8, 4) is 0 Å². The molecule has 0 unspecified atom stereocenters. The van der Waals surface area contributed by atoms with E-state index in [2.05, 4.69) is 59.4 Å². The van der Waals surface area contributed by atoms with E-state index in [-0.39, 0.29) is 0 Å². The number of piperazine rings is 2. The van der Waals surface area contributed by atoms with Gasteiger partial charge in [-0.1, -0.05) is 0 Å². The van der Waals surface area contributed by atoms with Gasteiger partial charge in [0.15, 0.2) is 0 Å². The maximum atomic E-state index is 3.51. The van der Waals surface area contributed by atoms with Crippen molar-refractivity contribution >= 4 is 11.4 Å². The molecule has 1 aromatic rings. The average Bonchev–Trinajstić information content (AvgIpc) is 2.47. The minimum absolute atomic E-state index is 0.572. The van der Waals surface area contributed by atoms with Gasteiger partial charge in [0.25, 0.3) is 0 Å². The summed E-state index contributed by atoms with van der Waals surface area (Å²) >= 11 is 0. The highest BCUT2D eigenvalue weighted by molar-refractivity contribution is 5.62. The van der Waals surface area contributed by atoms with Crippen molar-refractivity contribution in [1.29, 1.82) is 0 Å². The van der Waals surface area contributed by atoms with Crippen molar-refractivity contribution in [3.05, 3.63) is 23.8 Å². The lowest BCUT2D eigenvalue weighted by Gasteiger charge is -2.37. The summed E-state index contributed by atoms with van der Waals surface area (Å²) in [5, 5.41) is 6.97. The first kappa shape index (κ1) is 14.7. The Hall–Kier alpha value is -1.26. The molecule has 4 heteroatoms. The number of hydrogen-bond donors (Lipinski definition) is 2. The standard InChI is InChI=1S/C17H28N4/c1-13-10-16(21-9-6-18-11-15(21)3)4-5-17(13)20-8-7-19-14(2)12-20/h4-5,10,14-15,18-19H,6-9,11-12H2,1-3H3/t14-,15-/m0/s1. The zero-order valence-electron chi connectivity index (χ0n) is 13.5. The average molecular weight is 288 g/mol. The van der Waals surface area contributed by atoms with Crippen LogP contribution in [-0.4, -0.2) is 51.4 Å². The van der Waals surface area contributed by atoms with Crippen LogP contribution in [0.15, 0.2) is 18.2 Å². The molecule has 2 aliphatic heterocycles. The van der Waals surface area contributed by atoms with Crippen LogP contribution in [0.4, 0.5) is 11.4 Å². The van der Waals surface area contributed by atoms with Crippen LogP contribution in [0.1, 0.15) is 19.4 Å². The number of nitrogens with zero attached hydrogens (tertiary/aromatic N) is 2. The predicted molar refractivity (Wildman–Crippen MR) is 90.5 cm³/mol. The van der Waals surface area contributed by atoms with Crippen LogP contribution in [-0.2, 0) is 0 Å². The fraction of sp³-hybridized carbons (Fsp3) is 0.647. The number of aryl methyl sites for hydroxylation is 1. The molecule has 0 amide bonds. The number of nitrogens with one attached hydrogen (secondary N) is 2. The van der Waals surface area contributed by atoms with Crippen molar-refractivity contribution in [2.75, 3.05) is 49.1 Å². The van der Waals surface area contributed by atoms with E-state index in [1.807, 2.05) is 0 Å². The first-order chi connectivity index (χ1) is 10.1. The van der Waals surface area contributed by atoms with Gasteiger partial charge >= 0.3 is 0 Å². The second-order valence-electron chi connectivity index (χ2n) is 6.52. The Labute approximate surface area is 128 Å².